The van der Waals surface area contributed by atoms with Gasteiger partial charge in [0, 0.05) is 13.1 Å². The highest BCUT2D eigenvalue weighted by molar-refractivity contribution is 5.78. The molecular weight excluding hydrogens is 232 g/mol. The lowest BCUT2D eigenvalue weighted by Gasteiger charge is -2.22. The van der Waals surface area contributed by atoms with Gasteiger partial charge in [-0.05, 0) is 11.8 Å². The van der Waals surface area contributed by atoms with Crippen molar-refractivity contribution in [3.63, 3.8) is 0 Å². The maximum atomic E-state index is 12.0. The second-order valence-electron chi connectivity index (χ2n) is 5.16. The fourth-order valence-electron chi connectivity index (χ4n) is 2.08. The van der Waals surface area contributed by atoms with Gasteiger partial charge in [-0.2, -0.15) is 0 Å². The van der Waals surface area contributed by atoms with Crippen LogP contribution in [0.25, 0.3) is 0 Å². The summed E-state index contributed by atoms with van der Waals surface area (Å²) in [6.07, 6.45) is 5.35. The van der Waals surface area contributed by atoms with Crippen molar-refractivity contribution < 1.29 is 14.7 Å². The Labute approximate surface area is 108 Å². The second-order valence-corrected chi connectivity index (χ2v) is 5.16. The molecule has 0 aromatic carbocycles. The van der Waals surface area contributed by atoms with Crippen molar-refractivity contribution in [2.45, 2.75) is 26.8 Å². The molecular formula is C13H20N2O3. The van der Waals surface area contributed by atoms with E-state index in [1.165, 1.54) is 4.90 Å². The third-order valence-electron chi connectivity index (χ3n) is 3.34. The normalized spacial score (nSPS) is 24.7. The van der Waals surface area contributed by atoms with Crippen molar-refractivity contribution in [3.8, 4) is 12.3 Å². The Kier molecular flexibility index (Phi) is 4.60. The van der Waals surface area contributed by atoms with Crippen molar-refractivity contribution in [1.29, 1.82) is 0 Å². The maximum absolute atomic E-state index is 12.0. The van der Waals surface area contributed by atoms with E-state index in [0.29, 0.717) is 6.54 Å². The first-order chi connectivity index (χ1) is 8.36. The highest BCUT2D eigenvalue weighted by Gasteiger charge is 2.37. The van der Waals surface area contributed by atoms with Crippen LogP contribution < -0.4 is 5.32 Å². The number of carbonyl (C=O) groups excluding carboxylic acids is 1. The SMILES string of the molecule is C#CC(NC(=O)N1CC(C)C(C(=O)O)C1)C(C)C. The van der Waals surface area contributed by atoms with Gasteiger partial charge >= 0.3 is 12.0 Å². The number of carboxylic acids is 1. The Balaban J connectivity index is 2.60. The molecule has 100 valence electrons. The zero-order valence-corrected chi connectivity index (χ0v) is 11.0. The van der Waals surface area contributed by atoms with Gasteiger partial charge in [-0.3, -0.25) is 4.79 Å². The second kappa shape index (κ2) is 5.76. The highest BCUT2D eigenvalue weighted by Crippen LogP contribution is 2.23. The molecule has 2 N–H and O–H groups in total. The van der Waals surface area contributed by atoms with E-state index >= 15 is 0 Å². The number of carbonyl (C=O) groups is 2. The molecule has 3 unspecified atom stereocenters. The van der Waals surface area contributed by atoms with Crippen molar-refractivity contribution in [2.75, 3.05) is 13.1 Å². The van der Waals surface area contributed by atoms with Crippen LogP contribution in [0.15, 0.2) is 0 Å². The lowest BCUT2D eigenvalue weighted by atomic mass is 9.99. The number of terminal acetylenes is 1. The van der Waals surface area contributed by atoms with E-state index < -0.39 is 11.9 Å². The van der Waals surface area contributed by atoms with Crippen LogP contribution in [0.4, 0.5) is 4.79 Å². The van der Waals surface area contributed by atoms with Gasteiger partial charge in [-0.15, -0.1) is 6.42 Å². The van der Waals surface area contributed by atoms with Crippen molar-refractivity contribution >= 4 is 12.0 Å². The average Bonchev–Trinajstić information content (AvgIpc) is 2.67. The van der Waals surface area contributed by atoms with Crippen LogP contribution in [-0.4, -0.2) is 41.1 Å². The summed E-state index contributed by atoms with van der Waals surface area (Å²) in [6, 6.07) is -0.598. The Bertz CT molecular complexity index is 373. The molecule has 1 heterocycles. The summed E-state index contributed by atoms with van der Waals surface area (Å²) < 4.78 is 0. The Hall–Kier alpha value is -1.70. The number of hydrogen-bond acceptors (Lipinski definition) is 2. The molecule has 1 rings (SSSR count). The molecule has 3 atom stereocenters. The molecule has 5 heteroatoms. The van der Waals surface area contributed by atoms with E-state index in [0.717, 1.165) is 0 Å². The molecule has 0 bridgehead atoms. The molecule has 5 nitrogen and oxygen atoms in total. The van der Waals surface area contributed by atoms with E-state index in [-0.39, 0.29) is 30.5 Å². The van der Waals surface area contributed by atoms with E-state index in [1.54, 1.807) is 0 Å². The number of urea groups is 1. The first-order valence-electron chi connectivity index (χ1n) is 6.11. The fraction of sp³-hybridized carbons (Fsp3) is 0.692. The van der Waals surface area contributed by atoms with Gasteiger partial charge in [0.1, 0.15) is 0 Å². The van der Waals surface area contributed by atoms with E-state index in [1.807, 2.05) is 20.8 Å². The standard InChI is InChI=1S/C13H20N2O3/c1-5-11(8(2)3)14-13(18)15-6-9(4)10(7-15)12(16)17/h1,8-11H,6-7H2,2-4H3,(H,14,18)(H,16,17). The Morgan fingerprint density at radius 2 is 2.06 bits per heavy atom. The quantitative estimate of drug-likeness (QED) is 0.736. The molecule has 0 radical (unpaired) electrons. The number of nitrogens with zero attached hydrogens (tertiary/aromatic N) is 1. The van der Waals surface area contributed by atoms with Gasteiger partial charge in [-0.25, -0.2) is 4.79 Å². The number of hydrogen-bond donors (Lipinski definition) is 2. The van der Waals surface area contributed by atoms with Crippen molar-refractivity contribution in [3.05, 3.63) is 0 Å². The zero-order valence-electron chi connectivity index (χ0n) is 11.0. The molecule has 0 saturated carbocycles. The average molecular weight is 252 g/mol. The first kappa shape index (κ1) is 14.4. The molecule has 1 fully saturated rings. The van der Waals surface area contributed by atoms with E-state index in [2.05, 4.69) is 11.2 Å². The third-order valence-corrected chi connectivity index (χ3v) is 3.34. The number of rotatable bonds is 3. The molecule has 0 spiro atoms. The zero-order chi connectivity index (χ0) is 13.9. The highest BCUT2D eigenvalue weighted by atomic mass is 16.4. The maximum Gasteiger partial charge on any atom is 0.318 e. The van der Waals surface area contributed by atoms with Gasteiger partial charge in [0.15, 0.2) is 0 Å². The molecule has 2 amide bonds. The predicted octanol–water partition coefficient (Wildman–Crippen LogP) is 1.01. The minimum atomic E-state index is -0.852. The first-order valence-corrected chi connectivity index (χ1v) is 6.11. The fourth-order valence-corrected chi connectivity index (χ4v) is 2.08. The van der Waals surface area contributed by atoms with Gasteiger partial charge in [-0.1, -0.05) is 26.7 Å². The van der Waals surface area contributed by atoms with Crippen LogP contribution in [0.1, 0.15) is 20.8 Å². The molecule has 1 aliphatic rings. The van der Waals surface area contributed by atoms with Crippen LogP contribution in [0.3, 0.4) is 0 Å². The van der Waals surface area contributed by atoms with E-state index in [9.17, 15) is 9.59 Å². The Morgan fingerprint density at radius 3 is 2.44 bits per heavy atom. The van der Waals surface area contributed by atoms with Crippen molar-refractivity contribution in [2.24, 2.45) is 17.8 Å². The number of amides is 2. The van der Waals surface area contributed by atoms with E-state index in [4.69, 9.17) is 11.5 Å². The summed E-state index contributed by atoms with van der Waals surface area (Å²) in [5.41, 5.74) is 0. The summed E-state index contributed by atoms with van der Waals surface area (Å²) >= 11 is 0. The monoisotopic (exact) mass is 252 g/mol. The molecule has 0 aromatic rings. The van der Waals surface area contributed by atoms with Gasteiger partial charge in [0.2, 0.25) is 0 Å². The largest absolute Gasteiger partial charge is 0.481 e. The molecule has 0 aromatic heterocycles. The van der Waals surface area contributed by atoms with Crippen LogP contribution in [0, 0.1) is 30.1 Å². The number of nitrogens with one attached hydrogen (secondary N) is 1. The predicted molar refractivity (Wildman–Crippen MR) is 67.9 cm³/mol. The van der Waals surface area contributed by atoms with Gasteiger partial charge < -0.3 is 15.3 Å². The smallest absolute Gasteiger partial charge is 0.318 e. The Morgan fingerprint density at radius 1 is 1.44 bits per heavy atom. The van der Waals surface area contributed by atoms with Crippen LogP contribution in [0.5, 0.6) is 0 Å². The molecule has 1 saturated heterocycles. The molecule has 0 aliphatic carbocycles. The molecule has 1 aliphatic heterocycles. The van der Waals surface area contributed by atoms with Gasteiger partial charge in [0.05, 0.1) is 12.0 Å². The summed E-state index contributed by atoms with van der Waals surface area (Å²) in [5.74, 6) is 1.30. The van der Waals surface area contributed by atoms with Crippen LogP contribution >= 0.6 is 0 Å². The van der Waals surface area contributed by atoms with Gasteiger partial charge in [0.25, 0.3) is 0 Å². The summed E-state index contributed by atoms with van der Waals surface area (Å²) in [7, 11) is 0. The topological polar surface area (TPSA) is 69.6 Å². The summed E-state index contributed by atoms with van der Waals surface area (Å²) in [5, 5.41) is 11.8. The third kappa shape index (κ3) is 3.16. The van der Waals surface area contributed by atoms with Crippen molar-refractivity contribution in [1.82, 2.24) is 10.2 Å². The molecule has 18 heavy (non-hydrogen) atoms. The lowest BCUT2D eigenvalue weighted by molar-refractivity contribution is -0.142. The number of aliphatic carboxylic acids is 1. The number of carboxylic acid groups (broad SMARTS) is 1. The van der Waals surface area contributed by atoms with Crippen LogP contribution in [0.2, 0.25) is 0 Å². The minimum absolute atomic E-state index is 0.0309. The minimum Gasteiger partial charge on any atom is -0.481 e. The van der Waals surface area contributed by atoms with Crippen LogP contribution in [-0.2, 0) is 4.79 Å². The number of likely N-dealkylation sites (tertiary alicyclic amines) is 1. The summed E-state index contributed by atoms with van der Waals surface area (Å²) in [4.78, 5) is 24.5. The lowest BCUT2D eigenvalue weighted by Crippen LogP contribution is -2.45. The summed E-state index contributed by atoms with van der Waals surface area (Å²) in [6.45, 7) is 6.40.